The molecular weight excluding hydrogens is 354 g/mol. The minimum atomic E-state index is -0.527. The average Bonchev–Trinajstić information content (AvgIpc) is 3.23. The molecule has 0 aliphatic heterocycles. The molecular formula is C21H21N5O2. The normalized spacial score (nSPS) is 11.0. The van der Waals surface area contributed by atoms with Crippen LogP contribution in [0.1, 0.15) is 11.1 Å². The van der Waals surface area contributed by atoms with Crippen molar-refractivity contribution in [3.05, 3.63) is 66.0 Å². The molecule has 0 atom stereocenters. The van der Waals surface area contributed by atoms with E-state index in [0.29, 0.717) is 5.82 Å². The third-order valence-corrected chi connectivity index (χ3v) is 4.69. The Hall–Kier alpha value is -3.61. The number of aromatic nitrogens is 4. The minimum Gasteiger partial charge on any atom is -0.444 e. The van der Waals surface area contributed by atoms with Crippen molar-refractivity contribution >= 4 is 22.9 Å². The molecule has 2 aromatic heterocycles. The molecule has 0 unspecified atom stereocenters. The predicted octanol–water partition coefficient (Wildman–Crippen LogP) is 4.03. The fourth-order valence-corrected chi connectivity index (χ4v) is 3.14. The van der Waals surface area contributed by atoms with Crippen LogP contribution in [0.25, 0.3) is 22.3 Å². The Morgan fingerprint density at radius 3 is 2.79 bits per heavy atom. The van der Waals surface area contributed by atoms with Gasteiger partial charge in [0.15, 0.2) is 0 Å². The lowest BCUT2D eigenvalue weighted by Crippen LogP contribution is -2.15. The van der Waals surface area contributed by atoms with E-state index < -0.39 is 6.09 Å². The third-order valence-electron chi connectivity index (χ3n) is 4.69. The number of nitrogens with zero attached hydrogens (tertiary/aromatic N) is 4. The number of carbonyl (C=O) groups excluding carboxylic acids is 1. The van der Waals surface area contributed by atoms with Gasteiger partial charge in [-0.25, -0.2) is 9.78 Å². The first kappa shape index (κ1) is 17.8. The summed E-state index contributed by atoms with van der Waals surface area (Å²) in [6, 6.07) is 15.6. The molecule has 0 aliphatic carbocycles. The Morgan fingerprint density at radius 2 is 1.96 bits per heavy atom. The van der Waals surface area contributed by atoms with Crippen LogP contribution in [0, 0.1) is 6.92 Å². The summed E-state index contributed by atoms with van der Waals surface area (Å²) >= 11 is 0. The van der Waals surface area contributed by atoms with Gasteiger partial charge in [-0.05, 0) is 30.2 Å². The summed E-state index contributed by atoms with van der Waals surface area (Å²) in [5, 5.41) is 7.24. The van der Waals surface area contributed by atoms with Crippen molar-refractivity contribution in [2.45, 2.75) is 13.5 Å². The highest BCUT2D eigenvalue weighted by atomic mass is 16.5. The van der Waals surface area contributed by atoms with Crippen LogP contribution in [-0.4, -0.2) is 25.4 Å². The van der Waals surface area contributed by atoms with Gasteiger partial charge in [-0.15, -0.1) is 0 Å². The van der Waals surface area contributed by atoms with E-state index in [4.69, 9.17) is 4.74 Å². The number of anilines is 1. The first-order chi connectivity index (χ1) is 13.5. The van der Waals surface area contributed by atoms with Gasteiger partial charge >= 0.3 is 6.09 Å². The van der Waals surface area contributed by atoms with Gasteiger partial charge < -0.3 is 9.30 Å². The van der Waals surface area contributed by atoms with Gasteiger partial charge in [-0.1, -0.05) is 30.3 Å². The summed E-state index contributed by atoms with van der Waals surface area (Å²) in [6.45, 7) is 2.20. The number of hydrogen-bond acceptors (Lipinski definition) is 4. The highest BCUT2D eigenvalue weighted by Crippen LogP contribution is 2.24. The van der Waals surface area contributed by atoms with Gasteiger partial charge in [0.2, 0.25) is 0 Å². The molecule has 4 rings (SSSR count). The number of carbonyl (C=O) groups is 1. The van der Waals surface area contributed by atoms with Crippen LogP contribution < -0.4 is 5.32 Å². The predicted molar refractivity (Wildman–Crippen MR) is 108 cm³/mol. The van der Waals surface area contributed by atoms with E-state index in [-0.39, 0.29) is 6.61 Å². The monoisotopic (exact) mass is 375 g/mol. The van der Waals surface area contributed by atoms with Crippen molar-refractivity contribution in [3.8, 4) is 11.3 Å². The maximum absolute atomic E-state index is 12.2. The number of rotatable bonds is 4. The van der Waals surface area contributed by atoms with Crippen molar-refractivity contribution in [2.75, 3.05) is 5.32 Å². The Kier molecular flexibility index (Phi) is 4.57. The zero-order chi connectivity index (χ0) is 19.7. The number of ether oxygens (including phenoxy) is 1. The van der Waals surface area contributed by atoms with E-state index in [1.54, 1.807) is 18.1 Å². The first-order valence-corrected chi connectivity index (χ1v) is 8.95. The number of imidazole rings is 1. The summed E-state index contributed by atoms with van der Waals surface area (Å²) in [5.41, 5.74) is 5.75. The van der Waals surface area contributed by atoms with E-state index in [1.165, 1.54) is 0 Å². The fourth-order valence-electron chi connectivity index (χ4n) is 3.14. The fraction of sp³-hybridized carbons (Fsp3) is 0.190. The summed E-state index contributed by atoms with van der Waals surface area (Å²) in [5.74, 6) is 0.573. The third kappa shape index (κ3) is 3.46. The number of fused-ring (bicyclic) bond motifs is 1. The number of nitrogens with one attached hydrogen (secondary N) is 1. The average molecular weight is 375 g/mol. The quantitative estimate of drug-likeness (QED) is 0.584. The summed E-state index contributed by atoms with van der Waals surface area (Å²) < 4.78 is 8.93. The van der Waals surface area contributed by atoms with Gasteiger partial charge in [0.1, 0.15) is 12.4 Å². The minimum absolute atomic E-state index is 0.168. The van der Waals surface area contributed by atoms with Crippen molar-refractivity contribution in [1.82, 2.24) is 19.3 Å². The smallest absolute Gasteiger partial charge is 0.413 e. The molecule has 7 heteroatoms. The van der Waals surface area contributed by atoms with Gasteiger partial charge in [0.25, 0.3) is 0 Å². The Balaban J connectivity index is 1.43. The molecule has 142 valence electrons. The molecule has 0 radical (unpaired) electrons. The van der Waals surface area contributed by atoms with E-state index in [1.807, 2.05) is 67.1 Å². The highest BCUT2D eigenvalue weighted by Gasteiger charge is 2.12. The van der Waals surface area contributed by atoms with Gasteiger partial charge in [0.05, 0.1) is 23.1 Å². The number of hydrogen-bond donors (Lipinski definition) is 1. The largest absolute Gasteiger partial charge is 0.444 e. The van der Waals surface area contributed by atoms with E-state index >= 15 is 0 Å². The molecule has 0 bridgehead atoms. The lowest BCUT2D eigenvalue weighted by molar-refractivity contribution is 0.155. The molecule has 2 heterocycles. The molecule has 2 aromatic carbocycles. The van der Waals surface area contributed by atoms with Crippen LogP contribution in [0.3, 0.4) is 0 Å². The van der Waals surface area contributed by atoms with Crippen molar-refractivity contribution < 1.29 is 9.53 Å². The summed E-state index contributed by atoms with van der Waals surface area (Å²) in [7, 11) is 3.73. The Morgan fingerprint density at radius 1 is 1.14 bits per heavy atom. The van der Waals surface area contributed by atoms with Gasteiger partial charge in [-0.2, -0.15) is 5.10 Å². The van der Waals surface area contributed by atoms with Crippen LogP contribution >= 0.6 is 0 Å². The zero-order valence-electron chi connectivity index (χ0n) is 16.0. The number of benzene rings is 2. The molecule has 0 fully saturated rings. The first-order valence-electron chi connectivity index (χ1n) is 8.95. The van der Waals surface area contributed by atoms with Crippen LogP contribution in [0.2, 0.25) is 0 Å². The standard InChI is InChI=1S/C21H21N5O2/c1-14-6-4-5-7-16(14)17-11-20(26(3)24-17)23-21(27)28-12-15-8-9-19-18(10-15)22-13-25(19)2/h4-11,13H,12H2,1-3H3,(H,23,27). The number of amides is 1. The lowest BCUT2D eigenvalue weighted by atomic mass is 10.1. The van der Waals surface area contributed by atoms with Crippen LogP contribution in [0.15, 0.2) is 54.9 Å². The second-order valence-corrected chi connectivity index (χ2v) is 6.73. The molecule has 0 aliphatic rings. The Bertz CT molecular complexity index is 1160. The van der Waals surface area contributed by atoms with E-state index in [9.17, 15) is 4.79 Å². The topological polar surface area (TPSA) is 74.0 Å². The Labute approximate surface area is 162 Å². The molecule has 1 amide bonds. The van der Waals surface area contributed by atoms with Crippen molar-refractivity contribution in [3.63, 3.8) is 0 Å². The van der Waals surface area contributed by atoms with Crippen LogP contribution in [-0.2, 0) is 25.4 Å². The van der Waals surface area contributed by atoms with E-state index in [2.05, 4.69) is 15.4 Å². The zero-order valence-corrected chi connectivity index (χ0v) is 16.0. The van der Waals surface area contributed by atoms with E-state index in [0.717, 1.165) is 33.4 Å². The molecule has 4 aromatic rings. The molecule has 0 spiro atoms. The highest BCUT2D eigenvalue weighted by molar-refractivity contribution is 5.84. The maximum Gasteiger partial charge on any atom is 0.413 e. The summed E-state index contributed by atoms with van der Waals surface area (Å²) in [4.78, 5) is 16.5. The maximum atomic E-state index is 12.2. The second kappa shape index (κ2) is 7.19. The van der Waals surface area contributed by atoms with Gasteiger partial charge in [0, 0.05) is 25.7 Å². The van der Waals surface area contributed by atoms with Crippen LogP contribution in [0.4, 0.5) is 10.6 Å². The van der Waals surface area contributed by atoms with Crippen molar-refractivity contribution in [1.29, 1.82) is 0 Å². The summed E-state index contributed by atoms with van der Waals surface area (Å²) in [6.07, 6.45) is 1.23. The SMILES string of the molecule is Cc1ccccc1-c1cc(NC(=O)OCc2ccc3c(c2)ncn3C)n(C)n1. The lowest BCUT2D eigenvalue weighted by Gasteiger charge is -2.07. The number of aryl methyl sites for hydroxylation is 3. The molecule has 0 saturated carbocycles. The molecule has 0 saturated heterocycles. The second-order valence-electron chi connectivity index (χ2n) is 6.73. The van der Waals surface area contributed by atoms with Crippen LogP contribution in [0.5, 0.6) is 0 Å². The van der Waals surface area contributed by atoms with Crippen molar-refractivity contribution in [2.24, 2.45) is 14.1 Å². The van der Waals surface area contributed by atoms with Gasteiger partial charge in [-0.3, -0.25) is 10.00 Å². The molecule has 28 heavy (non-hydrogen) atoms. The molecule has 1 N–H and O–H groups in total. The molecule has 7 nitrogen and oxygen atoms in total.